The Balaban J connectivity index is 2.45. The lowest BCUT2D eigenvalue weighted by Gasteiger charge is -2.27. The quantitative estimate of drug-likeness (QED) is 0.198. The molecule has 2 heterocycles. The van der Waals surface area contributed by atoms with Gasteiger partial charge in [-0.3, -0.25) is 28.7 Å². The van der Waals surface area contributed by atoms with Gasteiger partial charge < -0.3 is 34.1 Å². The molecule has 0 aliphatic carbocycles. The Labute approximate surface area is 226 Å². The third kappa shape index (κ3) is 10.0. The van der Waals surface area contributed by atoms with E-state index in [1.807, 2.05) is 19.0 Å². The molecule has 15 heteroatoms. The van der Waals surface area contributed by atoms with Gasteiger partial charge in [0, 0.05) is 31.0 Å². The Bertz CT molecular complexity index is 1190. The van der Waals surface area contributed by atoms with Crippen molar-refractivity contribution in [2.75, 3.05) is 53.3 Å². The second-order valence-corrected chi connectivity index (χ2v) is 14.0. The van der Waals surface area contributed by atoms with Crippen LogP contribution in [-0.4, -0.2) is 109 Å². The first-order valence-electron chi connectivity index (χ1n) is 12.5. The van der Waals surface area contributed by atoms with Gasteiger partial charge in [0.2, 0.25) is 5.91 Å². The molecule has 1 saturated heterocycles. The molecule has 0 bridgehead atoms. The standard InChI is InChI=1S/C24H39N4O10P/c1-14-11-28(24(34)26-22(14)33)23-21(36-12-16(29)25-9-10-27(3)4)20(37-18(32)8-7-17(30)31)19(38-23)15(2)13-39(5,6)35/h11,15,19-21,23H,7-10,12-13H2,1-6H3,(H,25,29)(H,30,31)(H,26,33,34)/t15-,19+,20+,21+,23+/m0/s1. The number of carboxylic acids is 1. The van der Waals surface area contributed by atoms with E-state index in [9.17, 15) is 28.5 Å². The molecule has 0 aromatic carbocycles. The number of aromatic amines is 1. The van der Waals surface area contributed by atoms with E-state index in [1.165, 1.54) is 13.1 Å². The van der Waals surface area contributed by atoms with Gasteiger partial charge in [0.15, 0.2) is 12.3 Å². The van der Waals surface area contributed by atoms with Crippen molar-refractivity contribution < 1.29 is 38.3 Å². The number of rotatable bonds is 14. The van der Waals surface area contributed by atoms with Gasteiger partial charge in [0.25, 0.3) is 5.56 Å². The van der Waals surface area contributed by atoms with Crippen LogP contribution in [0.25, 0.3) is 0 Å². The molecule has 2 rings (SSSR count). The van der Waals surface area contributed by atoms with Crippen LogP contribution >= 0.6 is 7.14 Å². The summed E-state index contributed by atoms with van der Waals surface area (Å²) in [5, 5.41) is 11.7. The SMILES string of the molecule is Cc1cn([C@@H]2O[C@H]([C@@H](C)CP(C)(C)=O)[C@@H](OC(=O)CCC(=O)O)[C@H]2OCC(=O)NCCN(C)C)c(=O)[nH]c1=O. The summed E-state index contributed by atoms with van der Waals surface area (Å²) in [5.74, 6) is -2.94. The van der Waals surface area contributed by atoms with E-state index in [4.69, 9.17) is 19.3 Å². The minimum absolute atomic E-state index is 0.205. The van der Waals surface area contributed by atoms with E-state index in [-0.39, 0.29) is 11.7 Å². The van der Waals surface area contributed by atoms with Crippen LogP contribution in [0.5, 0.6) is 0 Å². The van der Waals surface area contributed by atoms with Crippen LogP contribution in [-0.2, 0) is 33.2 Å². The maximum Gasteiger partial charge on any atom is 0.330 e. The van der Waals surface area contributed by atoms with Gasteiger partial charge in [-0.1, -0.05) is 6.92 Å². The molecular weight excluding hydrogens is 535 g/mol. The van der Waals surface area contributed by atoms with E-state index in [0.717, 1.165) is 4.57 Å². The highest BCUT2D eigenvalue weighted by Crippen LogP contribution is 2.43. The van der Waals surface area contributed by atoms with Crippen molar-refractivity contribution in [2.45, 2.75) is 51.2 Å². The molecule has 14 nitrogen and oxygen atoms in total. The number of esters is 1. The lowest BCUT2D eigenvalue weighted by Crippen LogP contribution is -2.44. The van der Waals surface area contributed by atoms with E-state index >= 15 is 0 Å². The van der Waals surface area contributed by atoms with Gasteiger partial charge in [0.1, 0.15) is 18.8 Å². The van der Waals surface area contributed by atoms with Crippen LogP contribution in [0.3, 0.4) is 0 Å². The Hall–Kier alpha value is -2.80. The summed E-state index contributed by atoms with van der Waals surface area (Å²) in [7, 11) is 1.13. The van der Waals surface area contributed by atoms with Crippen molar-refractivity contribution in [3.63, 3.8) is 0 Å². The number of carbonyl (C=O) groups is 3. The Morgan fingerprint density at radius 3 is 2.49 bits per heavy atom. The molecule has 5 atom stereocenters. The summed E-state index contributed by atoms with van der Waals surface area (Å²) in [6.45, 7) is 6.93. The van der Waals surface area contributed by atoms with Crippen molar-refractivity contribution in [3.05, 3.63) is 32.6 Å². The number of nitrogens with one attached hydrogen (secondary N) is 2. The summed E-state index contributed by atoms with van der Waals surface area (Å²) >= 11 is 0. The van der Waals surface area contributed by atoms with Crippen molar-refractivity contribution >= 4 is 25.0 Å². The average Bonchev–Trinajstić information content (AvgIpc) is 3.15. The fraction of sp³-hybridized carbons (Fsp3) is 0.708. The fourth-order valence-corrected chi connectivity index (χ4v) is 5.89. The van der Waals surface area contributed by atoms with Crippen molar-refractivity contribution in [2.24, 2.45) is 5.92 Å². The highest BCUT2D eigenvalue weighted by Gasteiger charge is 2.51. The fourth-order valence-electron chi connectivity index (χ4n) is 4.29. The first-order valence-corrected chi connectivity index (χ1v) is 15.3. The zero-order valence-corrected chi connectivity index (χ0v) is 24.1. The highest BCUT2D eigenvalue weighted by molar-refractivity contribution is 7.62. The van der Waals surface area contributed by atoms with Gasteiger partial charge in [0.05, 0.1) is 20.0 Å². The third-order valence-electron chi connectivity index (χ3n) is 6.03. The summed E-state index contributed by atoms with van der Waals surface area (Å²) in [6.07, 6.45) is -3.90. The van der Waals surface area contributed by atoms with Crippen molar-refractivity contribution in [1.82, 2.24) is 19.8 Å². The molecule has 3 N–H and O–H groups in total. The molecule has 39 heavy (non-hydrogen) atoms. The molecule has 0 spiro atoms. The van der Waals surface area contributed by atoms with Gasteiger partial charge >= 0.3 is 17.6 Å². The molecule has 1 fully saturated rings. The van der Waals surface area contributed by atoms with Crippen LogP contribution < -0.4 is 16.6 Å². The molecule has 1 aromatic heterocycles. The minimum Gasteiger partial charge on any atom is -0.481 e. The molecule has 1 aromatic rings. The average molecular weight is 575 g/mol. The van der Waals surface area contributed by atoms with Gasteiger partial charge in [-0.2, -0.15) is 0 Å². The van der Waals surface area contributed by atoms with Crippen LogP contribution in [0, 0.1) is 12.8 Å². The summed E-state index contributed by atoms with van der Waals surface area (Å²) in [5.41, 5.74) is -1.19. The molecule has 1 aliphatic heterocycles. The van der Waals surface area contributed by atoms with E-state index < -0.39 is 86.1 Å². The number of hydrogen-bond acceptors (Lipinski definition) is 10. The zero-order valence-electron chi connectivity index (χ0n) is 23.2. The number of aryl methyl sites for hydroxylation is 1. The predicted molar refractivity (Wildman–Crippen MR) is 142 cm³/mol. The molecule has 0 radical (unpaired) electrons. The maximum atomic E-state index is 12.8. The van der Waals surface area contributed by atoms with E-state index in [1.54, 1.807) is 20.3 Å². The van der Waals surface area contributed by atoms with Crippen molar-refractivity contribution in [1.29, 1.82) is 0 Å². The van der Waals surface area contributed by atoms with Crippen molar-refractivity contribution in [3.8, 4) is 0 Å². The second-order valence-electron chi connectivity index (χ2n) is 10.5. The maximum absolute atomic E-state index is 12.8. The van der Waals surface area contributed by atoms with Crippen LogP contribution in [0.2, 0.25) is 0 Å². The largest absolute Gasteiger partial charge is 0.481 e. The molecule has 0 unspecified atom stereocenters. The number of amides is 1. The summed E-state index contributed by atoms with van der Waals surface area (Å²) in [4.78, 5) is 64.8. The number of H-pyrrole nitrogens is 1. The molecule has 1 aliphatic rings. The molecule has 0 saturated carbocycles. The Morgan fingerprint density at radius 1 is 1.23 bits per heavy atom. The van der Waals surface area contributed by atoms with Crippen LogP contribution in [0.15, 0.2) is 15.8 Å². The topological polar surface area (TPSA) is 186 Å². The minimum atomic E-state index is -2.57. The van der Waals surface area contributed by atoms with Gasteiger partial charge in [-0.15, -0.1) is 0 Å². The number of likely N-dealkylation sites (N-methyl/N-ethyl adjacent to an activating group) is 1. The van der Waals surface area contributed by atoms with E-state index in [0.29, 0.717) is 13.1 Å². The first-order chi connectivity index (χ1) is 18.1. The number of carboxylic acid groups (broad SMARTS) is 1. The number of aromatic nitrogens is 2. The molecule has 1 amide bonds. The monoisotopic (exact) mass is 574 g/mol. The second kappa shape index (κ2) is 14.0. The smallest absolute Gasteiger partial charge is 0.330 e. The molecular formula is C24H39N4O10P. The summed E-state index contributed by atoms with van der Waals surface area (Å²) < 4.78 is 31.4. The zero-order chi connectivity index (χ0) is 29.5. The lowest BCUT2D eigenvalue weighted by atomic mass is 9.99. The summed E-state index contributed by atoms with van der Waals surface area (Å²) in [6, 6.07) is 0. The Kier molecular flexibility index (Phi) is 11.6. The number of carbonyl (C=O) groups excluding carboxylic acids is 2. The highest BCUT2D eigenvalue weighted by atomic mass is 31.2. The van der Waals surface area contributed by atoms with Gasteiger partial charge in [-0.05, 0) is 40.3 Å². The number of aliphatic carboxylic acids is 1. The third-order valence-corrected chi connectivity index (χ3v) is 7.49. The van der Waals surface area contributed by atoms with Gasteiger partial charge in [-0.25, -0.2) is 4.79 Å². The van der Waals surface area contributed by atoms with Crippen LogP contribution in [0.1, 0.15) is 31.6 Å². The lowest BCUT2D eigenvalue weighted by molar-refractivity contribution is -0.161. The predicted octanol–water partition coefficient (Wildman–Crippen LogP) is -0.159. The first kappa shape index (κ1) is 32.4. The molecule has 220 valence electrons. The number of hydrogen-bond donors (Lipinski definition) is 3. The van der Waals surface area contributed by atoms with Crippen LogP contribution in [0.4, 0.5) is 0 Å². The Morgan fingerprint density at radius 2 is 1.90 bits per heavy atom. The number of ether oxygens (including phenoxy) is 3. The van der Waals surface area contributed by atoms with E-state index in [2.05, 4.69) is 10.3 Å². The number of nitrogens with zero attached hydrogens (tertiary/aromatic N) is 2. The normalized spacial score (nSPS) is 22.0.